The van der Waals surface area contributed by atoms with Gasteiger partial charge in [-0.25, -0.2) is 0 Å². The number of allylic oxidation sites excluding steroid dienone is 8. The Bertz CT molecular complexity index is 1150. The molecule has 6 heteroatoms. The van der Waals surface area contributed by atoms with Crippen molar-refractivity contribution in [2.24, 2.45) is 0 Å². The topological polar surface area (TPSA) is 78.9 Å². The molecule has 0 amide bonds. The minimum Gasteiger partial charge on any atom is -0.462 e. The largest absolute Gasteiger partial charge is 0.462 e. The van der Waals surface area contributed by atoms with Crippen molar-refractivity contribution in [3.63, 3.8) is 0 Å². The zero-order valence-corrected chi connectivity index (χ0v) is 44.0. The van der Waals surface area contributed by atoms with Crippen LogP contribution in [0, 0.1) is 0 Å². The molecule has 0 spiro atoms. The Balaban J connectivity index is 4.25. The van der Waals surface area contributed by atoms with Gasteiger partial charge in [-0.1, -0.05) is 230 Å². The molecule has 1 unspecified atom stereocenters. The van der Waals surface area contributed by atoms with E-state index in [1.807, 2.05) is 0 Å². The van der Waals surface area contributed by atoms with Crippen LogP contribution in [-0.2, 0) is 28.6 Å². The van der Waals surface area contributed by atoms with E-state index >= 15 is 0 Å². The zero-order chi connectivity index (χ0) is 47.9. The summed E-state index contributed by atoms with van der Waals surface area (Å²) in [7, 11) is 0. The molecule has 6 nitrogen and oxygen atoms in total. The van der Waals surface area contributed by atoms with Crippen molar-refractivity contribution in [2.45, 2.75) is 303 Å². The summed E-state index contributed by atoms with van der Waals surface area (Å²) in [5.74, 6) is -0.890. The molecule has 0 saturated heterocycles. The normalized spacial score (nSPS) is 12.3. The number of esters is 3. The molecule has 66 heavy (non-hydrogen) atoms. The van der Waals surface area contributed by atoms with Crippen molar-refractivity contribution >= 4 is 17.9 Å². The Labute approximate surface area is 409 Å². The third-order valence-electron chi connectivity index (χ3n) is 12.5. The third kappa shape index (κ3) is 52.3. The molecule has 0 aromatic heterocycles. The molecule has 0 saturated carbocycles. The average Bonchev–Trinajstić information content (AvgIpc) is 3.31. The Morgan fingerprint density at radius 1 is 0.303 bits per heavy atom. The maximum atomic E-state index is 12.8. The molecule has 0 N–H and O–H groups in total. The SMILES string of the molecule is CCC/C=C\CCCCCCCC(=O)OCC(COC(=O)CCCCCCCCCCCCC/C=C\C/C=C\CCCCCCC)OC(=O)CCCCCCC/C=C\CCCCCCCC. The number of ether oxygens (including phenoxy) is 3. The summed E-state index contributed by atoms with van der Waals surface area (Å²) in [6.07, 6.45) is 66.8. The Hall–Kier alpha value is -2.63. The maximum Gasteiger partial charge on any atom is 0.306 e. The lowest BCUT2D eigenvalue weighted by Gasteiger charge is -2.18. The van der Waals surface area contributed by atoms with E-state index in [-0.39, 0.29) is 31.1 Å². The highest BCUT2D eigenvalue weighted by atomic mass is 16.6. The van der Waals surface area contributed by atoms with Gasteiger partial charge in [-0.15, -0.1) is 0 Å². The molecule has 0 aromatic carbocycles. The highest BCUT2D eigenvalue weighted by Gasteiger charge is 2.19. The third-order valence-corrected chi connectivity index (χ3v) is 12.5. The lowest BCUT2D eigenvalue weighted by molar-refractivity contribution is -0.167. The molecule has 0 aromatic rings. The Morgan fingerprint density at radius 3 is 0.909 bits per heavy atom. The van der Waals surface area contributed by atoms with Gasteiger partial charge in [-0.05, 0) is 96.3 Å². The number of rotatable bonds is 52. The first-order chi connectivity index (χ1) is 32.5. The van der Waals surface area contributed by atoms with E-state index in [4.69, 9.17) is 14.2 Å². The quantitative estimate of drug-likeness (QED) is 0.0262. The summed E-state index contributed by atoms with van der Waals surface area (Å²) in [5.41, 5.74) is 0. The number of carbonyl (C=O) groups is 3. The van der Waals surface area contributed by atoms with E-state index in [1.54, 1.807) is 0 Å². The summed E-state index contributed by atoms with van der Waals surface area (Å²) in [6, 6.07) is 0. The predicted octanol–water partition coefficient (Wildman–Crippen LogP) is 19.0. The van der Waals surface area contributed by atoms with Crippen molar-refractivity contribution in [1.29, 1.82) is 0 Å². The summed E-state index contributed by atoms with van der Waals surface area (Å²) in [6.45, 7) is 6.57. The van der Waals surface area contributed by atoms with E-state index in [0.29, 0.717) is 19.3 Å². The Morgan fingerprint density at radius 2 is 0.576 bits per heavy atom. The first kappa shape index (κ1) is 63.4. The van der Waals surface area contributed by atoms with Gasteiger partial charge in [-0.3, -0.25) is 14.4 Å². The van der Waals surface area contributed by atoms with Crippen LogP contribution >= 0.6 is 0 Å². The van der Waals surface area contributed by atoms with Crippen molar-refractivity contribution in [1.82, 2.24) is 0 Å². The van der Waals surface area contributed by atoms with Crippen LogP contribution in [-0.4, -0.2) is 37.2 Å². The second kappa shape index (κ2) is 55.0. The minimum absolute atomic E-state index is 0.0788. The van der Waals surface area contributed by atoms with Gasteiger partial charge < -0.3 is 14.2 Å². The van der Waals surface area contributed by atoms with E-state index in [2.05, 4.69) is 69.4 Å². The molecule has 0 aliphatic carbocycles. The second-order valence-electron chi connectivity index (χ2n) is 19.2. The van der Waals surface area contributed by atoms with Crippen molar-refractivity contribution in [3.8, 4) is 0 Å². The highest BCUT2D eigenvalue weighted by molar-refractivity contribution is 5.71. The number of hydrogen-bond acceptors (Lipinski definition) is 6. The van der Waals surface area contributed by atoms with Gasteiger partial charge in [0.15, 0.2) is 6.10 Å². The van der Waals surface area contributed by atoms with Crippen LogP contribution in [0.1, 0.15) is 297 Å². The summed E-state index contributed by atoms with van der Waals surface area (Å²) in [5, 5.41) is 0. The highest BCUT2D eigenvalue weighted by Crippen LogP contribution is 2.15. The van der Waals surface area contributed by atoms with Crippen molar-refractivity contribution < 1.29 is 28.6 Å². The molecule has 0 rings (SSSR count). The fraction of sp³-hybridized carbons (Fsp3) is 0.817. The number of unbranched alkanes of at least 4 members (excludes halogenated alkanes) is 33. The van der Waals surface area contributed by atoms with Gasteiger partial charge in [-0.2, -0.15) is 0 Å². The average molecular weight is 926 g/mol. The monoisotopic (exact) mass is 925 g/mol. The summed E-state index contributed by atoms with van der Waals surface area (Å²) < 4.78 is 16.8. The molecule has 384 valence electrons. The molecule has 1 atom stereocenters. The van der Waals surface area contributed by atoms with Crippen LogP contribution in [0.3, 0.4) is 0 Å². The van der Waals surface area contributed by atoms with Crippen LogP contribution in [0.2, 0.25) is 0 Å². The predicted molar refractivity (Wildman–Crippen MR) is 284 cm³/mol. The van der Waals surface area contributed by atoms with Gasteiger partial charge >= 0.3 is 17.9 Å². The molecule has 0 fully saturated rings. The lowest BCUT2D eigenvalue weighted by Crippen LogP contribution is -2.30. The van der Waals surface area contributed by atoms with Crippen LogP contribution < -0.4 is 0 Å². The van der Waals surface area contributed by atoms with E-state index < -0.39 is 6.10 Å². The van der Waals surface area contributed by atoms with Crippen LogP contribution in [0.5, 0.6) is 0 Å². The first-order valence-corrected chi connectivity index (χ1v) is 28.6. The van der Waals surface area contributed by atoms with Gasteiger partial charge in [0.25, 0.3) is 0 Å². The van der Waals surface area contributed by atoms with Crippen LogP contribution in [0.25, 0.3) is 0 Å². The molecular formula is C60H108O6. The fourth-order valence-corrected chi connectivity index (χ4v) is 8.18. The fourth-order valence-electron chi connectivity index (χ4n) is 8.18. The van der Waals surface area contributed by atoms with Crippen LogP contribution in [0.4, 0.5) is 0 Å². The van der Waals surface area contributed by atoms with Gasteiger partial charge in [0.1, 0.15) is 13.2 Å². The summed E-state index contributed by atoms with van der Waals surface area (Å²) >= 11 is 0. The van der Waals surface area contributed by atoms with E-state index in [9.17, 15) is 14.4 Å². The van der Waals surface area contributed by atoms with Gasteiger partial charge in [0.2, 0.25) is 0 Å². The van der Waals surface area contributed by atoms with E-state index in [0.717, 1.165) is 89.9 Å². The molecule has 0 aliphatic rings. The smallest absolute Gasteiger partial charge is 0.306 e. The van der Waals surface area contributed by atoms with Gasteiger partial charge in [0.05, 0.1) is 0 Å². The number of carbonyl (C=O) groups excluding carboxylic acids is 3. The lowest BCUT2D eigenvalue weighted by atomic mass is 10.0. The molecule has 0 aliphatic heterocycles. The maximum absolute atomic E-state index is 12.8. The molecular weight excluding hydrogens is 817 g/mol. The molecule has 0 heterocycles. The second-order valence-corrected chi connectivity index (χ2v) is 19.2. The van der Waals surface area contributed by atoms with Crippen molar-refractivity contribution in [2.75, 3.05) is 13.2 Å². The van der Waals surface area contributed by atoms with E-state index in [1.165, 1.54) is 167 Å². The zero-order valence-electron chi connectivity index (χ0n) is 44.0. The number of hydrogen-bond donors (Lipinski definition) is 0. The van der Waals surface area contributed by atoms with Crippen molar-refractivity contribution in [3.05, 3.63) is 48.6 Å². The summed E-state index contributed by atoms with van der Waals surface area (Å²) in [4.78, 5) is 38.0. The minimum atomic E-state index is -0.779. The van der Waals surface area contributed by atoms with Crippen LogP contribution in [0.15, 0.2) is 48.6 Å². The molecule has 0 radical (unpaired) electrons. The Kier molecular flexibility index (Phi) is 52.8. The standard InChI is InChI=1S/C60H108O6/c1-4-7-10-13-16-19-22-24-26-27-28-29-30-31-32-33-35-36-38-41-44-47-50-53-59(62)65-56-57(55-64-58(61)52-49-46-43-40-21-18-15-12-9-6-3)66-60(63)54-51-48-45-42-39-37-34-25-23-20-17-14-11-8-5-2/h12,15,22,24-25,27-28,34,57H,4-11,13-14,16-21,23,26,29-33,35-56H2,1-3H3/b15-12-,24-22-,28-27-,34-25-. The van der Waals surface area contributed by atoms with Gasteiger partial charge in [0, 0.05) is 19.3 Å². The first-order valence-electron chi connectivity index (χ1n) is 28.6. The molecule has 0 bridgehead atoms.